The van der Waals surface area contributed by atoms with Gasteiger partial charge in [0.25, 0.3) is 0 Å². The predicted octanol–water partition coefficient (Wildman–Crippen LogP) is 2.77. The summed E-state index contributed by atoms with van der Waals surface area (Å²) >= 11 is 0. The molecule has 1 aromatic rings. The minimum Gasteiger partial charge on any atom is -0.371 e. The molecule has 1 fully saturated rings. The maximum absolute atomic E-state index is 5.60. The molecule has 2 N–H and O–H groups in total. The van der Waals surface area contributed by atoms with Crippen molar-refractivity contribution in [3.63, 3.8) is 0 Å². The summed E-state index contributed by atoms with van der Waals surface area (Å²) in [7, 11) is 0. The molecule has 0 saturated carbocycles. The summed E-state index contributed by atoms with van der Waals surface area (Å²) < 4.78 is 0. The number of rotatable bonds is 4. The maximum atomic E-state index is 5.60. The lowest BCUT2D eigenvalue weighted by Gasteiger charge is -2.19. The first-order valence-corrected chi connectivity index (χ1v) is 6.37. The minimum atomic E-state index is 0.638. The zero-order valence-electron chi connectivity index (χ0n) is 10.2. The molecule has 2 rings (SSSR count). The Balaban J connectivity index is 1.97. The first-order chi connectivity index (χ1) is 7.83. The first-order valence-electron chi connectivity index (χ1n) is 6.37. The van der Waals surface area contributed by atoms with E-state index in [4.69, 9.17) is 5.73 Å². The van der Waals surface area contributed by atoms with Gasteiger partial charge in [0.1, 0.15) is 0 Å². The molecular formula is C14H22N2. The van der Waals surface area contributed by atoms with Gasteiger partial charge < -0.3 is 10.6 Å². The highest BCUT2D eigenvalue weighted by Crippen LogP contribution is 2.26. The van der Waals surface area contributed by atoms with Gasteiger partial charge in [-0.2, -0.15) is 0 Å². The first kappa shape index (κ1) is 11.5. The molecule has 0 aromatic heterocycles. The van der Waals surface area contributed by atoms with Gasteiger partial charge in [-0.1, -0.05) is 25.5 Å². The van der Waals surface area contributed by atoms with Gasteiger partial charge in [-0.3, -0.25) is 0 Å². The Labute approximate surface area is 98.4 Å². The molecule has 0 radical (unpaired) electrons. The van der Waals surface area contributed by atoms with E-state index in [1.54, 1.807) is 0 Å². The second kappa shape index (κ2) is 5.35. The van der Waals surface area contributed by atoms with Gasteiger partial charge in [-0.05, 0) is 36.5 Å². The van der Waals surface area contributed by atoms with E-state index >= 15 is 0 Å². The van der Waals surface area contributed by atoms with Crippen molar-refractivity contribution in [2.45, 2.75) is 32.7 Å². The average Bonchev–Trinajstić information content (AvgIpc) is 2.78. The Hall–Kier alpha value is -1.02. The third-order valence-corrected chi connectivity index (χ3v) is 3.52. The second-order valence-electron chi connectivity index (χ2n) is 4.76. The summed E-state index contributed by atoms with van der Waals surface area (Å²) in [5, 5.41) is 0. The van der Waals surface area contributed by atoms with Gasteiger partial charge in [0.05, 0.1) is 0 Å². The van der Waals surface area contributed by atoms with Crippen molar-refractivity contribution < 1.29 is 0 Å². The van der Waals surface area contributed by atoms with Crippen molar-refractivity contribution in [2.24, 2.45) is 11.7 Å². The van der Waals surface area contributed by atoms with Crippen molar-refractivity contribution in [3.8, 4) is 0 Å². The fraction of sp³-hybridized carbons (Fsp3) is 0.571. The molecule has 0 bridgehead atoms. The number of benzene rings is 1. The Morgan fingerprint density at radius 2 is 2.06 bits per heavy atom. The van der Waals surface area contributed by atoms with Crippen LogP contribution in [0, 0.1) is 5.92 Å². The standard InChI is InChI=1S/C14H22N2/c1-2-3-13-8-9-16(11-13)14-6-4-12(10-15)5-7-14/h4-7,13H,2-3,8-11,15H2,1H3. The van der Waals surface area contributed by atoms with Crippen LogP contribution in [0.2, 0.25) is 0 Å². The molecule has 1 heterocycles. The molecule has 1 aliphatic rings. The van der Waals surface area contributed by atoms with Crippen LogP contribution in [-0.4, -0.2) is 13.1 Å². The highest BCUT2D eigenvalue weighted by atomic mass is 15.1. The molecular weight excluding hydrogens is 196 g/mol. The summed E-state index contributed by atoms with van der Waals surface area (Å²) in [5.74, 6) is 0.902. The van der Waals surface area contributed by atoms with Crippen molar-refractivity contribution in [2.75, 3.05) is 18.0 Å². The molecule has 1 atom stereocenters. The van der Waals surface area contributed by atoms with Crippen LogP contribution in [0.4, 0.5) is 5.69 Å². The summed E-state index contributed by atoms with van der Waals surface area (Å²) in [6.07, 6.45) is 4.04. The molecule has 0 aliphatic carbocycles. The van der Waals surface area contributed by atoms with Crippen LogP contribution < -0.4 is 10.6 Å². The monoisotopic (exact) mass is 218 g/mol. The molecule has 1 aromatic carbocycles. The number of nitrogens with two attached hydrogens (primary N) is 1. The van der Waals surface area contributed by atoms with Gasteiger partial charge in [0.15, 0.2) is 0 Å². The van der Waals surface area contributed by atoms with Crippen LogP contribution in [0.3, 0.4) is 0 Å². The van der Waals surface area contributed by atoms with E-state index in [0.29, 0.717) is 6.54 Å². The Bertz CT molecular complexity index is 318. The zero-order valence-corrected chi connectivity index (χ0v) is 10.2. The van der Waals surface area contributed by atoms with Crippen molar-refractivity contribution in [1.82, 2.24) is 0 Å². The van der Waals surface area contributed by atoms with E-state index in [9.17, 15) is 0 Å². The molecule has 1 unspecified atom stereocenters. The van der Waals surface area contributed by atoms with Gasteiger partial charge in [0.2, 0.25) is 0 Å². The summed E-state index contributed by atoms with van der Waals surface area (Å²) in [6.45, 7) is 5.36. The van der Waals surface area contributed by atoms with Crippen LogP contribution in [0.5, 0.6) is 0 Å². The van der Waals surface area contributed by atoms with Crippen molar-refractivity contribution in [1.29, 1.82) is 0 Å². The molecule has 2 heteroatoms. The quantitative estimate of drug-likeness (QED) is 0.842. The van der Waals surface area contributed by atoms with Crippen molar-refractivity contribution in [3.05, 3.63) is 29.8 Å². The van der Waals surface area contributed by atoms with Crippen LogP contribution in [0.1, 0.15) is 31.7 Å². The molecule has 1 saturated heterocycles. The fourth-order valence-corrected chi connectivity index (χ4v) is 2.55. The van der Waals surface area contributed by atoms with E-state index < -0.39 is 0 Å². The summed E-state index contributed by atoms with van der Waals surface area (Å²) in [4.78, 5) is 2.50. The van der Waals surface area contributed by atoms with Crippen LogP contribution >= 0.6 is 0 Å². The number of hydrogen-bond donors (Lipinski definition) is 1. The van der Waals surface area contributed by atoms with E-state index in [0.717, 1.165) is 5.92 Å². The van der Waals surface area contributed by atoms with Crippen LogP contribution in [0.25, 0.3) is 0 Å². The van der Waals surface area contributed by atoms with E-state index in [1.165, 1.54) is 43.6 Å². The second-order valence-corrected chi connectivity index (χ2v) is 4.76. The van der Waals surface area contributed by atoms with E-state index in [-0.39, 0.29) is 0 Å². The average molecular weight is 218 g/mol. The van der Waals surface area contributed by atoms with Gasteiger partial charge in [0, 0.05) is 25.3 Å². The van der Waals surface area contributed by atoms with Gasteiger partial charge in [-0.25, -0.2) is 0 Å². The lowest BCUT2D eigenvalue weighted by molar-refractivity contribution is 0.530. The Morgan fingerprint density at radius 3 is 2.69 bits per heavy atom. The third-order valence-electron chi connectivity index (χ3n) is 3.52. The highest BCUT2D eigenvalue weighted by Gasteiger charge is 2.21. The largest absolute Gasteiger partial charge is 0.371 e. The van der Waals surface area contributed by atoms with Gasteiger partial charge >= 0.3 is 0 Å². The topological polar surface area (TPSA) is 29.3 Å². The number of hydrogen-bond acceptors (Lipinski definition) is 2. The molecule has 0 amide bonds. The maximum Gasteiger partial charge on any atom is 0.0366 e. The summed E-state index contributed by atoms with van der Waals surface area (Å²) in [6, 6.07) is 8.69. The van der Waals surface area contributed by atoms with E-state index in [2.05, 4.69) is 36.1 Å². The molecule has 2 nitrogen and oxygen atoms in total. The minimum absolute atomic E-state index is 0.638. The lowest BCUT2D eigenvalue weighted by Crippen LogP contribution is -2.19. The Kier molecular flexibility index (Phi) is 3.83. The van der Waals surface area contributed by atoms with Crippen LogP contribution in [-0.2, 0) is 6.54 Å². The lowest BCUT2D eigenvalue weighted by atomic mass is 10.0. The normalized spacial score (nSPS) is 20.4. The summed E-state index contributed by atoms with van der Waals surface area (Å²) in [5.41, 5.74) is 8.17. The van der Waals surface area contributed by atoms with Gasteiger partial charge in [-0.15, -0.1) is 0 Å². The molecule has 1 aliphatic heterocycles. The smallest absolute Gasteiger partial charge is 0.0366 e. The zero-order chi connectivity index (χ0) is 11.4. The molecule has 0 spiro atoms. The molecule has 16 heavy (non-hydrogen) atoms. The van der Waals surface area contributed by atoms with Crippen LogP contribution in [0.15, 0.2) is 24.3 Å². The SMILES string of the molecule is CCCC1CCN(c2ccc(CN)cc2)C1. The third kappa shape index (κ3) is 2.56. The Morgan fingerprint density at radius 1 is 1.31 bits per heavy atom. The number of anilines is 1. The van der Waals surface area contributed by atoms with Crippen molar-refractivity contribution >= 4 is 5.69 Å². The van der Waals surface area contributed by atoms with E-state index in [1.807, 2.05) is 0 Å². The fourth-order valence-electron chi connectivity index (χ4n) is 2.55. The predicted molar refractivity (Wildman–Crippen MR) is 69.6 cm³/mol. The number of nitrogens with zero attached hydrogens (tertiary/aromatic N) is 1. The molecule has 88 valence electrons. The highest BCUT2D eigenvalue weighted by molar-refractivity contribution is 5.48.